The lowest BCUT2D eigenvalue weighted by molar-refractivity contribution is 0.0716. The highest BCUT2D eigenvalue weighted by molar-refractivity contribution is 6.04. The Kier molecular flexibility index (Phi) is 5.62. The summed E-state index contributed by atoms with van der Waals surface area (Å²) in [7, 11) is 0. The van der Waals surface area contributed by atoms with Gasteiger partial charge in [0.25, 0.3) is 5.91 Å². The highest BCUT2D eigenvalue weighted by Crippen LogP contribution is 2.32. The van der Waals surface area contributed by atoms with Gasteiger partial charge in [0.2, 0.25) is 0 Å². The molecule has 0 aliphatic carbocycles. The van der Waals surface area contributed by atoms with Crippen LogP contribution in [0.3, 0.4) is 0 Å². The molecule has 0 spiro atoms. The van der Waals surface area contributed by atoms with Crippen LogP contribution in [0, 0.1) is 17.5 Å². The number of benzene rings is 1. The highest BCUT2D eigenvalue weighted by atomic mass is 19.1. The van der Waals surface area contributed by atoms with Gasteiger partial charge in [-0.1, -0.05) is 12.1 Å². The van der Waals surface area contributed by atoms with Crippen molar-refractivity contribution in [2.75, 3.05) is 6.54 Å². The van der Waals surface area contributed by atoms with Gasteiger partial charge in [-0.05, 0) is 30.7 Å². The molecule has 0 radical (unpaired) electrons. The number of aromatic nitrogens is 3. The van der Waals surface area contributed by atoms with Gasteiger partial charge in [-0.3, -0.25) is 19.7 Å². The first-order valence-electron chi connectivity index (χ1n) is 9.55. The molecule has 0 fully saturated rings. The lowest BCUT2D eigenvalue weighted by Crippen LogP contribution is -2.36. The Morgan fingerprint density at radius 1 is 1.00 bits per heavy atom. The fourth-order valence-electron chi connectivity index (χ4n) is 3.56. The van der Waals surface area contributed by atoms with Crippen molar-refractivity contribution < 1.29 is 18.0 Å². The van der Waals surface area contributed by atoms with Crippen LogP contribution in [0.1, 0.15) is 34.5 Å². The molecule has 1 unspecified atom stereocenters. The molecule has 0 saturated heterocycles. The molecule has 31 heavy (non-hydrogen) atoms. The molecule has 0 saturated carbocycles. The normalized spacial score (nSPS) is 12.0. The lowest BCUT2D eigenvalue weighted by atomic mass is 9.96. The van der Waals surface area contributed by atoms with E-state index in [4.69, 9.17) is 0 Å². The van der Waals surface area contributed by atoms with Crippen molar-refractivity contribution in [2.45, 2.75) is 13.0 Å². The molecule has 0 aliphatic heterocycles. The summed E-state index contributed by atoms with van der Waals surface area (Å²) in [6.07, 6.45) is 5.49. The minimum Gasteiger partial charge on any atom is -0.328 e. The second-order valence-electron chi connectivity index (χ2n) is 6.83. The number of amides is 1. The monoisotopic (exact) mass is 422 g/mol. The standard InChI is InChI=1S/C23H17F3N4O/c1-2-30(23(31)18-7-9-28-20-11-16(25)13-29-21(18)20)22(14-4-3-8-27-12-14)17-6-5-15(24)10-19(17)26/h3-13,22H,2H2,1H3. The molecule has 0 bridgehead atoms. The number of halogens is 3. The average Bonchev–Trinajstić information content (AvgIpc) is 2.77. The van der Waals surface area contributed by atoms with Crippen LogP contribution in [0.15, 0.2) is 67.3 Å². The molecule has 0 N–H and O–H groups in total. The predicted molar refractivity (Wildman–Crippen MR) is 109 cm³/mol. The molecule has 4 aromatic rings. The number of pyridine rings is 3. The van der Waals surface area contributed by atoms with Gasteiger partial charge in [0.15, 0.2) is 0 Å². The molecule has 1 atom stereocenters. The Morgan fingerprint density at radius 3 is 2.55 bits per heavy atom. The van der Waals surface area contributed by atoms with Crippen molar-refractivity contribution in [1.82, 2.24) is 19.9 Å². The third kappa shape index (κ3) is 3.96. The first kappa shape index (κ1) is 20.5. The summed E-state index contributed by atoms with van der Waals surface area (Å²) in [5, 5.41) is 0. The SMILES string of the molecule is CCN(C(=O)c1ccnc2cc(F)cnc12)C(c1cccnc1)c1ccc(F)cc1F. The number of carbonyl (C=O) groups is 1. The van der Waals surface area contributed by atoms with E-state index in [-0.39, 0.29) is 28.7 Å². The molecule has 1 amide bonds. The van der Waals surface area contributed by atoms with Gasteiger partial charge in [-0.2, -0.15) is 0 Å². The number of hydrogen-bond acceptors (Lipinski definition) is 4. The maximum absolute atomic E-state index is 14.8. The van der Waals surface area contributed by atoms with Crippen molar-refractivity contribution in [2.24, 2.45) is 0 Å². The van der Waals surface area contributed by atoms with Crippen LogP contribution in [0.25, 0.3) is 11.0 Å². The van der Waals surface area contributed by atoms with Crippen LogP contribution in [-0.2, 0) is 0 Å². The quantitative estimate of drug-likeness (QED) is 0.468. The first-order valence-corrected chi connectivity index (χ1v) is 9.55. The van der Waals surface area contributed by atoms with Gasteiger partial charge in [0.05, 0.1) is 23.3 Å². The van der Waals surface area contributed by atoms with E-state index in [2.05, 4.69) is 15.0 Å². The topological polar surface area (TPSA) is 59.0 Å². The minimum absolute atomic E-state index is 0.127. The third-order valence-electron chi connectivity index (χ3n) is 4.95. The van der Waals surface area contributed by atoms with Crippen molar-refractivity contribution in [3.05, 3.63) is 101 Å². The summed E-state index contributed by atoms with van der Waals surface area (Å²) < 4.78 is 41.9. The number of nitrogens with zero attached hydrogens (tertiary/aromatic N) is 4. The molecule has 1 aromatic carbocycles. The second-order valence-corrected chi connectivity index (χ2v) is 6.83. The van der Waals surface area contributed by atoms with E-state index in [1.54, 1.807) is 25.3 Å². The van der Waals surface area contributed by atoms with Crippen LogP contribution in [0.4, 0.5) is 13.2 Å². The zero-order valence-corrected chi connectivity index (χ0v) is 16.5. The van der Waals surface area contributed by atoms with Crippen LogP contribution in [0.2, 0.25) is 0 Å². The Hall–Kier alpha value is -3.81. The van der Waals surface area contributed by atoms with E-state index in [1.807, 2.05) is 0 Å². The Bertz CT molecular complexity index is 1250. The van der Waals surface area contributed by atoms with E-state index in [0.29, 0.717) is 5.56 Å². The highest BCUT2D eigenvalue weighted by Gasteiger charge is 2.30. The van der Waals surface area contributed by atoms with Gasteiger partial charge >= 0.3 is 0 Å². The van der Waals surface area contributed by atoms with E-state index < -0.39 is 29.4 Å². The van der Waals surface area contributed by atoms with Crippen LogP contribution in [0.5, 0.6) is 0 Å². The Morgan fingerprint density at radius 2 is 1.84 bits per heavy atom. The van der Waals surface area contributed by atoms with Gasteiger partial charge in [-0.15, -0.1) is 0 Å². The van der Waals surface area contributed by atoms with E-state index >= 15 is 0 Å². The molecule has 3 heterocycles. The van der Waals surface area contributed by atoms with Crippen LogP contribution >= 0.6 is 0 Å². The van der Waals surface area contributed by atoms with Crippen molar-refractivity contribution in [3.8, 4) is 0 Å². The summed E-state index contributed by atoms with van der Waals surface area (Å²) >= 11 is 0. The summed E-state index contributed by atoms with van der Waals surface area (Å²) in [6.45, 7) is 1.96. The van der Waals surface area contributed by atoms with Crippen molar-refractivity contribution in [3.63, 3.8) is 0 Å². The zero-order chi connectivity index (χ0) is 22.0. The molecule has 4 rings (SSSR count). The molecule has 0 aliphatic rings. The fourth-order valence-corrected chi connectivity index (χ4v) is 3.56. The lowest BCUT2D eigenvalue weighted by Gasteiger charge is -2.32. The van der Waals surface area contributed by atoms with Gasteiger partial charge in [-0.25, -0.2) is 13.2 Å². The maximum atomic E-state index is 14.8. The predicted octanol–water partition coefficient (Wildman–Crippen LogP) is 4.69. The zero-order valence-electron chi connectivity index (χ0n) is 16.5. The molecule has 156 valence electrons. The summed E-state index contributed by atoms with van der Waals surface area (Å²) in [4.78, 5) is 27.2. The summed E-state index contributed by atoms with van der Waals surface area (Å²) in [5.41, 5.74) is 1.34. The molecule has 5 nitrogen and oxygen atoms in total. The molecular formula is C23H17F3N4O. The Labute approximate surface area is 176 Å². The first-order chi connectivity index (χ1) is 15.0. The van der Waals surface area contributed by atoms with E-state index in [9.17, 15) is 18.0 Å². The average molecular weight is 422 g/mol. The smallest absolute Gasteiger partial charge is 0.256 e. The van der Waals surface area contributed by atoms with Crippen LogP contribution in [-0.4, -0.2) is 32.3 Å². The largest absolute Gasteiger partial charge is 0.328 e. The van der Waals surface area contributed by atoms with Crippen LogP contribution < -0.4 is 0 Å². The van der Waals surface area contributed by atoms with Crippen molar-refractivity contribution >= 4 is 16.9 Å². The molecular weight excluding hydrogens is 405 g/mol. The number of carbonyl (C=O) groups excluding carboxylic acids is 1. The summed E-state index contributed by atoms with van der Waals surface area (Å²) in [6, 6.07) is 8.44. The third-order valence-corrected chi connectivity index (χ3v) is 4.95. The number of hydrogen-bond donors (Lipinski definition) is 0. The Balaban J connectivity index is 1.87. The maximum Gasteiger partial charge on any atom is 0.256 e. The number of fused-ring (bicyclic) bond motifs is 1. The van der Waals surface area contributed by atoms with Crippen molar-refractivity contribution in [1.29, 1.82) is 0 Å². The fraction of sp³-hybridized carbons (Fsp3) is 0.130. The minimum atomic E-state index is -0.865. The van der Waals surface area contributed by atoms with Gasteiger partial charge in [0.1, 0.15) is 23.0 Å². The molecule has 8 heteroatoms. The second kappa shape index (κ2) is 8.51. The van der Waals surface area contributed by atoms with E-state index in [1.165, 1.54) is 35.5 Å². The summed E-state index contributed by atoms with van der Waals surface area (Å²) in [5.74, 6) is -2.52. The molecule has 3 aromatic heterocycles. The van der Waals surface area contributed by atoms with Gasteiger partial charge < -0.3 is 4.90 Å². The van der Waals surface area contributed by atoms with Gasteiger partial charge in [0, 0.05) is 42.8 Å². The number of rotatable bonds is 5. The van der Waals surface area contributed by atoms with E-state index in [0.717, 1.165) is 18.3 Å².